The summed E-state index contributed by atoms with van der Waals surface area (Å²) in [4.78, 5) is 12.4. The first-order valence-corrected chi connectivity index (χ1v) is 9.04. The first kappa shape index (κ1) is 17.1. The summed E-state index contributed by atoms with van der Waals surface area (Å²) in [6, 6.07) is 0.207. The minimum absolute atomic E-state index is 0.0907. The molecule has 6 heteroatoms. The molecule has 2 aliphatic rings. The van der Waals surface area contributed by atoms with Crippen molar-refractivity contribution in [1.29, 1.82) is 0 Å². The Morgan fingerprint density at radius 1 is 1.38 bits per heavy atom. The third kappa shape index (κ3) is 4.04. The van der Waals surface area contributed by atoms with Gasteiger partial charge in [-0.3, -0.25) is 4.79 Å². The van der Waals surface area contributed by atoms with Crippen LogP contribution in [-0.4, -0.2) is 32.0 Å². The van der Waals surface area contributed by atoms with Crippen LogP contribution in [-0.2, 0) is 10.4 Å². The molecule has 1 aromatic rings. The molecule has 24 heavy (non-hydrogen) atoms. The Hall–Kier alpha value is -1.69. The van der Waals surface area contributed by atoms with Crippen molar-refractivity contribution in [3.63, 3.8) is 0 Å². The molecular weight excluding hydrogens is 304 g/mol. The SMILES string of the molecule is CC(C)(O)c1cn([C@@H]2CCCC[C@@H]2NC(=O)C[C@H]2C=CCC2)nn1. The number of hydrogen-bond acceptors (Lipinski definition) is 4. The number of carbonyl (C=O) groups excluding carboxylic acids is 1. The van der Waals surface area contributed by atoms with Crippen LogP contribution in [0.1, 0.15) is 70.5 Å². The molecule has 6 nitrogen and oxygen atoms in total. The van der Waals surface area contributed by atoms with Gasteiger partial charge in [0.05, 0.1) is 18.3 Å². The van der Waals surface area contributed by atoms with E-state index in [1.807, 2.05) is 10.9 Å². The van der Waals surface area contributed by atoms with Gasteiger partial charge in [0.15, 0.2) is 0 Å². The summed E-state index contributed by atoms with van der Waals surface area (Å²) in [6.07, 6.45) is 13.1. The smallest absolute Gasteiger partial charge is 0.220 e. The highest BCUT2D eigenvalue weighted by molar-refractivity contribution is 5.76. The first-order chi connectivity index (χ1) is 11.4. The van der Waals surface area contributed by atoms with Crippen LogP contribution in [0.2, 0.25) is 0 Å². The Labute approximate surface area is 143 Å². The lowest BCUT2D eigenvalue weighted by molar-refractivity contribution is -0.123. The maximum absolute atomic E-state index is 12.4. The normalized spacial score (nSPS) is 27.4. The molecule has 0 aromatic carbocycles. The molecule has 0 bridgehead atoms. The van der Waals surface area contributed by atoms with Gasteiger partial charge in [0, 0.05) is 6.42 Å². The number of amides is 1. The summed E-state index contributed by atoms with van der Waals surface area (Å²) in [6.45, 7) is 3.41. The summed E-state index contributed by atoms with van der Waals surface area (Å²) in [5.74, 6) is 0.520. The number of nitrogens with zero attached hydrogens (tertiary/aromatic N) is 3. The summed E-state index contributed by atoms with van der Waals surface area (Å²) >= 11 is 0. The van der Waals surface area contributed by atoms with Crippen LogP contribution in [0.25, 0.3) is 0 Å². The summed E-state index contributed by atoms with van der Waals surface area (Å²) in [7, 11) is 0. The van der Waals surface area contributed by atoms with Crippen molar-refractivity contribution < 1.29 is 9.90 Å². The lowest BCUT2D eigenvalue weighted by Crippen LogP contribution is -2.43. The first-order valence-electron chi connectivity index (χ1n) is 9.04. The lowest BCUT2D eigenvalue weighted by Gasteiger charge is -2.32. The molecule has 3 atom stereocenters. The van der Waals surface area contributed by atoms with E-state index in [4.69, 9.17) is 0 Å². The molecule has 1 aromatic heterocycles. The van der Waals surface area contributed by atoms with E-state index in [1.54, 1.807) is 13.8 Å². The Bertz CT molecular complexity index is 602. The van der Waals surface area contributed by atoms with Crippen LogP contribution < -0.4 is 5.32 Å². The van der Waals surface area contributed by atoms with Gasteiger partial charge >= 0.3 is 0 Å². The van der Waals surface area contributed by atoms with Crippen LogP contribution in [0.3, 0.4) is 0 Å². The van der Waals surface area contributed by atoms with E-state index < -0.39 is 5.60 Å². The number of hydrogen-bond donors (Lipinski definition) is 2. The van der Waals surface area contributed by atoms with Crippen molar-refractivity contribution in [2.75, 3.05) is 0 Å². The molecule has 1 heterocycles. The second-order valence-electron chi connectivity index (χ2n) is 7.64. The van der Waals surface area contributed by atoms with Crippen molar-refractivity contribution in [3.8, 4) is 0 Å². The van der Waals surface area contributed by atoms with Crippen molar-refractivity contribution in [2.24, 2.45) is 5.92 Å². The van der Waals surface area contributed by atoms with Crippen LogP contribution in [0, 0.1) is 5.92 Å². The van der Waals surface area contributed by atoms with Crippen molar-refractivity contribution in [1.82, 2.24) is 20.3 Å². The lowest BCUT2D eigenvalue weighted by atomic mass is 9.90. The van der Waals surface area contributed by atoms with Gasteiger partial charge in [-0.05, 0) is 45.4 Å². The molecule has 3 rings (SSSR count). The fourth-order valence-electron chi connectivity index (χ4n) is 3.68. The van der Waals surface area contributed by atoms with E-state index >= 15 is 0 Å². The van der Waals surface area contributed by atoms with Gasteiger partial charge in [-0.2, -0.15) is 0 Å². The maximum atomic E-state index is 12.4. The monoisotopic (exact) mass is 332 g/mol. The molecule has 0 aliphatic heterocycles. The van der Waals surface area contributed by atoms with Gasteiger partial charge in [0.25, 0.3) is 0 Å². The number of carbonyl (C=O) groups is 1. The fourth-order valence-corrected chi connectivity index (χ4v) is 3.68. The molecule has 2 aliphatic carbocycles. The fraction of sp³-hybridized carbons (Fsp3) is 0.722. The third-order valence-corrected chi connectivity index (χ3v) is 5.11. The maximum Gasteiger partial charge on any atom is 0.220 e. The van der Waals surface area contributed by atoms with E-state index in [2.05, 4.69) is 27.8 Å². The molecule has 1 amide bonds. The minimum atomic E-state index is -1.000. The van der Waals surface area contributed by atoms with Gasteiger partial charge < -0.3 is 10.4 Å². The van der Waals surface area contributed by atoms with Gasteiger partial charge in [-0.15, -0.1) is 5.10 Å². The molecule has 0 unspecified atom stereocenters. The van der Waals surface area contributed by atoms with Gasteiger partial charge in [-0.1, -0.05) is 30.2 Å². The molecule has 1 fully saturated rings. The zero-order valence-corrected chi connectivity index (χ0v) is 14.6. The number of nitrogens with one attached hydrogen (secondary N) is 1. The molecule has 132 valence electrons. The molecule has 0 spiro atoms. The molecule has 2 N–H and O–H groups in total. The quantitative estimate of drug-likeness (QED) is 0.812. The van der Waals surface area contributed by atoms with E-state index in [-0.39, 0.29) is 18.0 Å². The number of rotatable bonds is 5. The molecular formula is C18H28N4O2. The van der Waals surface area contributed by atoms with Crippen LogP contribution in [0.4, 0.5) is 0 Å². The predicted molar refractivity (Wildman–Crippen MR) is 91.2 cm³/mol. The van der Waals surface area contributed by atoms with Crippen molar-refractivity contribution in [2.45, 2.75) is 76.5 Å². The second-order valence-corrected chi connectivity index (χ2v) is 7.64. The van der Waals surface area contributed by atoms with Crippen LogP contribution in [0.15, 0.2) is 18.3 Å². The van der Waals surface area contributed by atoms with Gasteiger partial charge in [0.1, 0.15) is 11.3 Å². The van der Waals surface area contributed by atoms with Crippen LogP contribution >= 0.6 is 0 Å². The number of aliphatic hydroxyl groups is 1. The van der Waals surface area contributed by atoms with E-state index in [0.29, 0.717) is 18.0 Å². The summed E-state index contributed by atoms with van der Waals surface area (Å²) in [5, 5.41) is 21.6. The van der Waals surface area contributed by atoms with Crippen molar-refractivity contribution in [3.05, 3.63) is 24.0 Å². The topological polar surface area (TPSA) is 80.0 Å². The number of allylic oxidation sites excluding steroid dienone is 2. The van der Waals surface area contributed by atoms with E-state index in [1.165, 1.54) is 0 Å². The average Bonchev–Trinajstić information content (AvgIpc) is 3.18. The Morgan fingerprint density at radius 2 is 2.17 bits per heavy atom. The summed E-state index contributed by atoms with van der Waals surface area (Å²) in [5.41, 5.74) is -0.435. The number of aromatic nitrogens is 3. The Morgan fingerprint density at radius 3 is 2.83 bits per heavy atom. The summed E-state index contributed by atoms with van der Waals surface area (Å²) < 4.78 is 1.83. The Balaban J connectivity index is 1.65. The predicted octanol–water partition coefficient (Wildman–Crippen LogP) is 2.46. The highest BCUT2D eigenvalue weighted by atomic mass is 16.3. The van der Waals surface area contributed by atoms with E-state index in [9.17, 15) is 9.90 Å². The third-order valence-electron chi connectivity index (χ3n) is 5.11. The molecule has 0 radical (unpaired) electrons. The highest BCUT2D eigenvalue weighted by Crippen LogP contribution is 2.30. The van der Waals surface area contributed by atoms with Gasteiger partial charge in [0.2, 0.25) is 5.91 Å². The van der Waals surface area contributed by atoms with E-state index in [0.717, 1.165) is 38.5 Å². The van der Waals surface area contributed by atoms with Gasteiger partial charge in [-0.25, -0.2) is 4.68 Å². The van der Waals surface area contributed by atoms with Crippen molar-refractivity contribution >= 4 is 5.91 Å². The Kier molecular flexibility index (Phi) is 5.04. The second kappa shape index (κ2) is 7.05. The average molecular weight is 332 g/mol. The standard InChI is InChI=1S/C18H28N4O2/c1-18(2,24)16-12-22(21-20-16)15-10-6-5-9-14(15)19-17(23)11-13-7-3-4-8-13/h3,7,12-15,24H,4-6,8-11H2,1-2H3,(H,19,23)/t13-,14-,15+/m0/s1. The largest absolute Gasteiger partial charge is 0.384 e. The molecule has 1 saturated carbocycles. The zero-order chi connectivity index (χ0) is 17.2. The zero-order valence-electron chi connectivity index (χ0n) is 14.6. The molecule has 0 saturated heterocycles. The highest BCUT2D eigenvalue weighted by Gasteiger charge is 2.31. The van der Waals surface area contributed by atoms with Crippen LogP contribution in [0.5, 0.6) is 0 Å². The minimum Gasteiger partial charge on any atom is -0.384 e.